The second-order valence-corrected chi connectivity index (χ2v) is 11.0. The van der Waals surface area contributed by atoms with Crippen molar-refractivity contribution in [1.29, 1.82) is 0 Å². The minimum absolute atomic E-state index is 0.359. The van der Waals surface area contributed by atoms with Crippen LogP contribution in [0, 0.1) is 0 Å². The maximum absolute atomic E-state index is 12.5. The molecule has 0 atom stereocenters. The smallest absolute Gasteiger partial charge is 0.343 e. The van der Waals surface area contributed by atoms with Gasteiger partial charge in [0, 0.05) is 8.95 Å². The largest absolute Gasteiger partial charge is 0.487 e. The molecular weight excluding hydrogens is 768 g/mol. The Morgan fingerprint density at radius 3 is 1.62 bits per heavy atom. The molecule has 3 aromatic rings. The second-order valence-electron chi connectivity index (χ2n) is 5.77. The first-order chi connectivity index (χ1) is 13.7. The van der Waals surface area contributed by atoms with Crippen LogP contribution in [0.2, 0.25) is 0 Å². The highest BCUT2D eigenvalue weighted by atomic mass is 79.9. The summed E-state index contributed by atoms with van der Waals surface area (Å²) in [6.07, 6.45) is 0. The monoisotopic (exact) mass is 772 g/mol. The Morgan fingerprint density at radius 2 is 1.14 bits per heavy atom. The normalized spacial score (nSPS) is 10.7. The van der Waals surface area contributed by atoms with E-state index in [0.29, 0.717) is 32.6 Å². The Hall–Kier alpha value is -0.190. The molecule has 0 aliphatic carbocycles. The highest BCUT2D eigenvalue weighted by Gasteiger charge is 2.15. The van der Waals surface area contributed by atoms with Gasteiger partial charge in [0.25, 0.3) is 0 Å². The lowest BCUT2D eigenvalue weighted by molar-refractivity contribution is 0.0732. The predicted molar refractivity (Wildman–Crippen MR) is 135 cm³/mol. The zero-order chi connectivity index (χ0) is 21.1. The molecule has 0 fully saturated rings. The molecule has 0 amide bonds. The van der Waals surface area contributed by atoms with Crippen LogP contribution < -0.4 is 9.47 Å². The summed E-state index contributed by atoms with van der Waals surface area (Å²) in [6.45, 7) is 0.359. The van der Waals surface area contributed by atoms with Crippen molar-refractivity contribution in [2.45, 2.75) is 6.61 Å². The van der Waals surface area contributed by atoms with Gasteiger partial charge in [-0.2, -0.15) is 0 Å². The van der Waals surface area contributed by atoms with Crippen LogP contribution in [0.1, 0.15) is 15.9 Å². The Balaban J connectivity index is 1.68. The number of rotatable bonds is 5. The van der Waals surface area contributed by atoms with E-state index in [4.69, 9.17) is 9.47 Å². The van der Waals surface area contributed by atoms with Gasteiger partial charge in [-0.3, -0.25) is 0 Å². The fraction of sp³-hybridized carbons (Fsp3) is 0.0500. The molecule has 0 bridgehead atoms. The van der Waals surface area contributed by atoms with Crippen LogP contribution in [-0.2, 0) is 6.61 Å². The van der Waals surface area contributed by atoms with Gasteiger partial charge in [0.1, 0.15) is 12.4 Å². The third-order valence-electron chi connectivity index (χ3n) is 3.69. The Bertz CT molecular complexity index is 1020. The third kappa shape index (κ3) is 6.17. The molecule has 0 spiro atoms. The van der Waals surface area contributed by atoms with Gasteiger partial charge in [-0.15, -0.1) is 0 Å². The van der Waals surface area contributed by atoms with Crippen molar-refractivity contribution in [2.75, 3.05) is 0 Å². The Labute approximate surface area is 218 Å². The van der Waals surface area contributed by atoms with Crippen LogP contribution in [-0.4, -0.2) is 5.97 Å². The standard InChI is InChI=1S/C20H10Br6O3/c21-12-5-14(23)18(15(24)6-12)28-9-10-1-3-11(4-2-10)20(27)29-19-16(25)7-13(22)8-17(19)26/h1-8H,9H2. The first-order valence-corrected chi connectivity index (χ1v) is 12.7. The summed E-state index contributed by atoms with van der Waals surface area (Å²) in [4.78, 5) is 12.5. The average molecular weight is 778 g/mol. The van der Waals surface area contributed by atoms with Gasteiger partial charge in [0.2, 0.25) is 0 Å². The van der Waals surface area contributed by atoms with Crippen molar-refractivity contribution in [3.8, 4) is 11.5 Å². The van der Waals surface area contributed by atoms with Crippen LogP contribution in [0.25, 0.3) is 0 Å². The van der Waals surface area contributed by atoms with Gasteiger partial charge in [-0.05, 0) is 106 Å². The molecule has 0 unspecified atom stereocenters. The number of hydrogen-bond donors (Lipinski definition) is 0. The SMILES string of the molecule is O=C(Oc1c(Br)cc(Br)cc1Br)c1ccc(COc2c(Br)cc(Br)cc2Br)cc1. The van der Waals surface area contributed by atoms with Crippen LogP contribution in [0.3, 0.4) is 0 Å². The molecule has 0 radical (unpaired) electrons. The van der Waals surface area contributed by atoms with Gasteiger partial charge < -0.3 is 9.47 Å². The molecule has 9 heteroatoms. The molecule has 0 N–H and O–H groups in total. The van der Waals surface area contributed by atoms with Crippen LogP contribution in [0.5, 0.6) is 11.5 Å². The van der Waals surface area contributed by atoms with E-state index in [9.17, 15) is 4.79 Å². The molecule has 3 nitrogen and oxygen atoms in total. The minimum atomic E-state index is -0.445. The van der Waals surface area contributed by atoms with Crippen molar-refractivity contribution in [2.24, 2.45) is 0 Å². The summed E-state index contributed by atoms with van der Waals surface area (Å²) in [5.41, 5.74) is 1.37. The number of halogens is 6. The molecule has 0 aliphatic heterocycles. The zero-order valence-corrected chi connectivity index (χ0v) is 23.8. The minimum Gasteiger partial charge on any atom is -0.487 e. The molecule has 0 aliphatic rings. The molecule has 150 valence electrons. The molecular formula is C20H10Br6O3. The van der Waals surface area contributed by atoms with Crippen LogP contribution in [0.4, 0.5) is 0 Å². The molecule has 3 aromatic carbocycles. The van der Waals surface area contributed by atoms with Crippen molar-refractivity contribution in [1.82, 2.24) is 0 Å². The van der Waals surface area contributed by atoms with E-state index in [-0.39, 0.29) is 0 Å². The van der Waals surface area contributed by atoms with E-state index in [1.807, 2.05) is 36.4 Å². The van der Waals surface area contributed by atoms with Crippen molar-refractivity contribution < 1.29 is 14.3 Å². The van der Waals surface area contributed by atoms with E-state index in [1.54, 1.807) is 12.1 Å². The van der Waals surface area contributed by atoms with Gasteiger partial charge in [0.05, 0.1) is 23.5 Å². The van der Waals surface area contributed by atoms with E-state index in [1.165, 1.54) is 0 Å². The quantitative estimate of drug-likeness (QED) is 0.192. The fourth-order valence-electron chi connectivity index (χ4n) is 2.34. The molecule has 3 rings (SSSR count). The number of esters is 1. The number of carbonyl (C=O) groups is 1. The van der Waals surface area contributed by atoms with Crippen molar-refractivity contribution in [3.05, 3.63) is 86.5 Å². The number of carbonyl (C=O) groups excluding carboxylic acids is 1. The molecule has 29 heavy (non-hydrogen) atoms. The lowest BCUT2D eigenvalue weighted by Gasteiger charge is -2.12. The highest BCUT2D eigenvalue weighted by Crippen LogP contribution is 2.38. The predicted octanol–water partition coefficient (Wildman–Crippen LogP) is 9.06. The summed E-state index contributed by atoms with van der Waals surface area (Å²) in [5, 5.41) is 0. The third-order valence-corrected chi connectivity index (χ3v) is 6.97. The lowest BCUT2D eigenvalue weighted by atomic mass is 10.1. The maximum atomic E-state index is 12.5. The topological polar surface area (TPSA) is 35.5 Å². The van der Waals surface area contributed by atoms with Crippen molar-refractivity contribution >= 4 is 102 Å². The molecule has 0 saturated heterocycles. The van der Waals surface area contributed by atoms with E-state index < -0.39 is 5.97 Å². The maximum Gasteiger partial charge on any atom is 0.343 e. The zero-order valence-electron chi connectivity index (χ0n) is 14.3. The van der Waals surface area contributed by atoms with Gasteiger partial charge in [-0.1, -0.05) is 44.0 Å². The fourth-order valence-corrected chi connectivity index (χ4v) is 7.25. The Morgan fingerprint density at radius 1 is 0.690 bits per heavy atom. The van der Waals surface area contributed by atoms with E-state index >= 15 is 0 Å². The first kappa shape index (κ1) is 23.5. The van der Waals surface area contributed by atoms with Crippen LogP contribution in [0.15, 0.2) is 75.4 Å². The molecule has 0 saturated carbocycles. The number of ether oxygens (including phenoxy) is 2. The number of hydrogen-bond acceptors (Lipinski definition) is 3. The van der Waals surface area contributed by atoms with Gasteiger partial charge >= 0.3 is 5.97 Å². The van der Waals surface area contributed by atoms with Crippen LogP contribution >= 0.6 is 95.6 Å². The second kappa shape index (κ2) is 10.4. The molecule has 0 aromatic heterocycles. The lowest BCUT2D eigenvalue weighted by Crippen LogP contribution is -2.09. The summed E-state index contributed by atoms with van der Waals surface area (Å²) >= 11 is 20.6. The van der Waals surface area contributed by atoms with Gasteiger partial charge in [0.15, 0.2) is 5.75 Å². The average Bonchev–Trinajstić information content (AvgIpc) is 2.64. The Kier molecular flexibility index (Phi) is 8.43. The summed E-state index contributed by atoms with van der Waals surface area (Å²) in [7, 11) is 0. The van der Waals surface area contributed by atoms with E-state index in [2.05, 4.69) is 95.6 Å². The summed E-state index contributed by atoms with van der Waals surface area (Å²) in [6, 6.07) is 14.6. The molecule has 0 heterocycles. The van der Waals surface area contributed by atoms with E-state index in [0.717, 1.165) is 23.5 Å². The van der Waals surface area contributed by atoms with Gasteiger partial charge in [-0.25, -0.2) is 4.79 Å². The number of benzene rings is 3. The van der Waals surface area contributed by atoms with Crippen molar-refractivity contribution in [3.63, 3.8) is 0 Å². The summed E-state index contributed by atoms with van der Waals surface area (Å²) in [5.74, 6) is 0.691. The highest BCUT2D eigenvalue weighted by molar-refractivity contribution is 9.12. The summed E-state index contributed by atoms with van der Waals surface area (Å²) < 4.78 is 16.2. The first-order valence-electron chi connectivity index (χ1n) is 7.97.